The summed E-state index contributed by atoms with van der Waals surface area (Å²) in [5, 5.41) is -1.63. The fourth-order valence-electron chi connectivity index (χ4n) is 1.44. The van der Waals surface area contributed by atoms with E-state index in [9.17, 15) is 13.0 Å². The first kappa shape index (κ1) is 18.0. The van der Waals surface area contributed by atoms with Gasteiger partial charge in [-0.1, -0.05) is 13.8 Å². The van der Waals surface area contributed by atoms with E-state index >= 15 is 0 Å². The predicted molar refractivity (Wildman–Crippen MR) is 68.9 cm³/mol. The largest absolute Gasteiger partial charge is 0.375 e. The Morgan fingerprint density at radius 2 is 1.56 bits per heavy atom. The van der Waals surface area contributed by atoms with Crippen LogP contribution in [0.5, 0.6) is 0 Å². The third-order valence-electron chi connectivity index (χ3n) is 2.40. The van der Waals surface area contributed by atoms with Gasteiger partial charge in [-0.25, -0.2) is 8.42 Å². The maximum atomic E-state index is 12.3. The average Bonchev–Trinajstić information content (AvgIpc) is 2.36. The fourth-order valence-corrected chi connectivity index (χ4v) is 5.77. The molecule has 9 heteroatoms. The first-order valence-electron chi connectivity index (χ1n) is 5.65. The maximum Gasteiger partial charge on any atom is 0.375 e. The first-order valence-corrected chi connectivity index (χ1v) is 8.77. The predicted octanol–water partition coefficient (Wildman–Crippen LogP) is 1.46. The normalized spacial score (nSPS) is 15.0. The Hall–Kier alpha value is 0.0200. The van der Waals surface area contributed by atoms with Crippen LogP contribution >= 0.6 is 7.60 Å². The highest BCUT2D eigenvalue weighted by Crippen LogP contribution is 2.54. The second-order valence-electron chi connectivity index (χ2n) is 3.30. The van der Waals surface area contributed by atoms with Gasteiger partial charge in [0.05, 0.1) is 0 Å². The molecule has 0 radical (unpaired) electrons. The van der Waals surface area contributed by atoms with Gasteiger partial charge in [0.2, 0.25) is 0 Å². The van der Waals surface area contributed by atoms with Crippen molar-refractivity contribution < 1.29 is 26.8 Å². The van der Waals surface area contributed by atoms with E-state index in [1.807, 2.05) is 0 Å². The summed E-state index contributed by atoms with van der Waals surface area (Å²) in [6.45, 7) is 5.59. The third-order valence-corrected chi connectivity index (χ3v) is 7.54. The van der Waals surface area contributed by atoms with E-state index in [2.05, 4.69) is 0 Å². The van der Waals surface area contributed by atoms with Crippen LogP contribution < -0.4 is 0 Å². The smallest absolute Gasteiger partial charge is 0.351 e. The van der Waals surface area contributed by atoms with Gasteiger partial charge in [0.15, 0.2) is 0 Å². The fraction of sp³-hybridized carbons (Fsp3) is 1.00. The van der Waals surface area contributed by atoms with Crippen LogP contribution in [-0.2, 0) is 28.4 Å². The van der Waals surface area contributed by atoms with Gasteiger partial charge in [0.1, 0.15) is 0 Å². The summed E-state index contributed by atoms with van der Waals surface area (Å²) in [7, 11) is -5.50. The molecule has 0 heterocycles. The Morgan fingerprint density at radius 1 is 1.11 bits per heavy atom. The minimum atomic E-state index is -3.91. The molecule has 0 aromatic carbocycles. The van der Waals surface area contributed by atoms with Crippen LogP contribution in [0, 0.1) is 0 Å². The Bertz CT molecular complexity index is 373. The van der Waals surface area contributed by atoms with Gasteiger partial charge in [0, 0.05) is 33.9 Å². The van der Waals surface area contributed by atoms with Gasteiger partial charge in [0.25, 0.3) is 15.2 Å². The van der Waals surface area contributed by atoms with Crippen LogP contribution in [0.1, 0.15) is 20.8 Å². The van der Waals surface area contributed by atoms with E-state index in [0.717, 1.165) is 18.5 Å². The number of hydrogen-bond donors (Lipinski definition) is 0. The number of ether oxygens (including phenoxy) is 1. The van der Waals surface area contributed by atoms with Crippen molar-refractivity contribution in [2.24, 2.45) is 0 Å². The summed E-state index contributed by atoms with van der Waals surface area (Å²) < 4.78 is 52.6. The minimum absolute atomic E-state index is 0.0852. The molecular weight excluding hydrogens is 281 g/mol. The van der Waals surface area contributed by atoms with Crippen molar-refractivity contribution in [3.8, 4) is 0 Å². The molecule has 0 saturated carbocycles. The van der Waals surface area contributed by atoms with Gasteiger partial charge >= 0.3 is 7.60 Å². The van der Waals surface area contributed by atoms with Crippen LogP contribution in [0.15, 0.2) is 0 Å². The van der Waals surface area contributed by atoms with E-state index < -0.39 is 22.8 Å². The highest BCUT2D eigenvalue weighted by atomic mass is 32.2. The SMILES string of the molecule is CCOC(P(=O)(OC)OC)S(=O)(=O)N(CC)CC. The molecule has 0 rings (SSSR count). The molecule has 18 heavy (non-hydrogen) atoms. The molecule has 0 aliphatic carbocycles. The van der Waals surface area contributed by atoms with Crippen LogP contribution in [0.2, 0.25) is 0 Å². The van der Waals surface area contributed by atoms with Crippen molar-refractivity contribution >= 4 is 17.6 Å². The van der Waals surface area contributed by atoms with Gasteiger partial charge in [-0.2, -0.15) is 4.31 Å². The summed E-state index contributed by atoms with van der Waals surface area (Å²) in [6, 6.07) is 0. The molecule has 110 valence electrons. The average molecular weight is 303 g/mol. The molecule has 0 aliphatic heterocycles. The standard InChI is InChI=1S/C9H22NO6PS/c1-6-10(7-2)18(12,13)9(16-8-3)17(11,14-4)15-5/h9H,6-8H2,1-5H3. The van der Waals surface area contributed by atoms with Crippen molar-refractivity contribution in [1.29, 1.82) is 0 Å². The number of nitrogens with zero attached hydrogens (tertiary/aromatic N) is 1. The van der Waals surface area contributed by atoms with E-state index in [1.54, 1.807) is 20.8 Å². The maximum absolute atomic E-state index is 12.3. The molecule has 0 aliphatic rings. The summed E-state index contributed by atoms with van der Waals surface area (Å²) in [5.74, 6) is 0. The molecule has 0 spiro atoms. The zero-order chi connectivity index (χ0) is 14.4. The van der Waals surface area contributed by atoms with Crippen LogP contribution in [0.4, 0.5) is 0 Å². The first-order chi connectivity index (χ1) is 8.33. The number of hydrogen-bond acceptors (Lipinski definition) is 6. The molecule has 0 fully saturated rings. The molecule has 0 saturated heterocycles. The Balaban J connectivity index is 5.55. The zero-order valence-electron chi connectivity index (χ0n) is 11.5. The van der Waals surface area contributed by atoms with Crippen molar-refractivity contribution in [2.75, 3.05) is 33.9 Å². The van der Waals surface area contributed by atoms with Crippen molar-refractivity contribution in [3.05, 3.63) is 0 Å². The summed E-state index contributed by atoms with van der Waals surface area (Å²) in [4.78, 5) is 0. The van der Waals surface area contributed by atoms with Crippen molar-refractivity contribution in [3.63, 3.8) is 0 Å². The Labute approximate surface area is 109 Å². The Kier molecular flexibility index (Phi) is 7.58. The second-order valence-corrected chi connectivity index (χ2v) is 7.90. The summed E-state index contributed by atoms with van der Waals surface area (Å²) in [6.07, 6.45) is 0. The molecule has 0 aromatic heterocycles. The van der Waals surface area contributed by atoms with E-state index in [0.29, 0.717) is 0 Å². The van der Waals surface area contributed by atoms with Gasteiger partial charge in [-0.05, 0) is 6.92 Å². The van der Waals surface area contributed by atoms with E-state index in [4.69, 9.17) is 13.8 Å². The topological polar surface area (TPSA) is 82.1 Å². The quantitative estimate of drug-likeness (QED) is 0.600. The van der Waals surface area contributed by atoms with Gasteiger partial charge in [-0.3, -0.25) is 4.57 Å². The van der Waals surface area contributed by atoms with E-state index in [1.165, 1.54) is 0 Å². The van der Waals surface area contributed by atoms with Gasteiger partial charge in [-0.15, -0.1) is 0 Å². The number of rotatable bonds is 9. The second kappa shape index (κ2) is 7.57. The number of sulfonamides is 1. The van der Waals surface area contributed by atoms with Crippen LogP contribution in [0.25, 0.3) is 0 Å². The lowest BCUT2D eigenvalue weighted by Crippen LogP contribution is -2.40. The molecular formula is C9H22NO6PS. The third kappa shape index (κ3) is 3.76. The highest BCUT2D eigenvalue weighted by molar-refractivity contribution is 7.96. The lowest BCUT2D eigenvalue weighted by atomic mass is 10.7. The molecule has 0 bridgehead atoms. The van der Waals surface area contributed by atoms with Crippen LogP contribution in [0.3, 0.4) is 0 Å². The summed E-state index contributed by atoms with van der Waals surface area (Å²) >= 11 is 0. The molecule has 0 aromatic rings. The van der Waals surface area contributed by atoms with Gasteiger partial charge < -0.3 is 13.8 Å². The van der Waals surface area contributed by atoms with Crippen molar-refractivity contribution in [1.82, 2.24) is 4.31 Å². The highest BCUT2D eigenvalue weighted by Gasteiger charge is 2.47. The lowest BCUT2D eigenvalue weighted by Gasteiger charge is -2.28. The Morgan fingerprint density at radius 3 is 1.83 bits per heavy atom. The van der Waals surface area contributed by atoms with Crippen LogP contribution in [-0.4, -0.2) is 51.8 Å². The van der Waals surface area contributed by atoms with E-state index in [-0.39, 0.29) is 19.7 Å². The molecule has 0 N–H and O–H groups in total. The summed E-state index contributed by atoms with van der Waals surface area (Å²) in [5.41, 5.74) is 0. The molecule has 0 amide bonds. The lowest BCUT2D eigenvalue weighted by molar-refractivity contribution is 0.126. The molecule has 1 atom stereocenters. The monoisotopic (exact) mass is 303 g/mol. The minimum Gasteiger partial charge on any atom is -0.351 e. The molecule has 7 nitrogen and oxygen atoms in total. The van der Waals surface area contributed by atoms with Crippen molar-refractivity contribution in [2.45, 2.75) is 25.9 Å². The molecule has 1 unspecified atom stereocenters. The zero-order valence-corrected chi connectivity index (χ0v) is 13.2.